The Morgan fingerprint density at radius 2 is 1.84 bits per heavy atom. The third kappa shape index (κ3) is 3.69. The molecule has 0 amide bonds. The van der Waals surface area contributed by atoms with Crippen LogP contribution in [0.4, 0.5) is 0 Å². The minimum absolute atomic E-state index is 0.158. The summed E-state index contributed by atoms with van der Waals surface area (Å²) in [6.45, 7) is 0.158. The van der Waals surface area contributed by atoms with Gasteiger partial charge in [0.15, 0.2) is 0 Å². The summed E-state index contributed by atoms with van der Waals surface area (Å²) in [5, 5.41) is 0.824. The number of hydrogen-bond donors (Lipinski definition) is 0. The van der Waals surface area contributed by atoms with Crippen LogP contribution in [0.2, 0.25) is 0 Å². The van der Waals surface area contributed by atoms with Gasteiger partial charge in [0.2, 0.25) is 5.88 Å². The first-order chi connectivity index (χ1) is 12.1. The number of pyridine rings is 1. The van der Waals surface area contributed by atoms with Crippen molar-refractivity contribution in [3.8, 4) is 5.88 Å². The molecule has 0 aliphatic rings. The zero-order valence-electron chi connectivity index (χ0n) is 13.9. The van der Waals surface area contributed by atoms with E-state index in [0.29, 0.717) is 4.90 Å². The topological polar surface area (TPSA) is 65.5 Å². The van der Waals surface area contributed by atoms with Gasteiger partial charge in [-0.2, -0.15) is 0 Å². The highest BCUT2D eigenvalue weighted by molar-refractivity contribution is 7.84. The van der Waals surface area contributed by atoms with Crippen molar-refractivity contribution in [2.45, 2.75) is 11.5 Å². The van der Waals surface area contributed by atoms with Gasteiger partial charge in [-0.3, -0.25) is 4.21 Å². The van der Waals surface area contributed by atoms with Crippen LogP contribution in [0.1, 0.15) is 15.9 Å². The number of benzene rings is 2. The van der Waals surface area contributed by atoms with Crippen LogP contribution in [-0.4, -0.2) is 28.5 Å². The van der Waals surface area contributed by atoms with Crippen molar-refractivity contribution in [3.63, 3.8) is 0 Å². The average Bonchev–Trinajstić information content (AvgIpc) is 2.65. The molecular weight excluding hydrogens is 338 g/mol. The first-order valence-electron chi connectivity index (χ1n) is 7.62. The zero-order chi connectivity index (χ0) is 17.8. The minimum Gasteiger partial charge on any atom is -0.472 e. The number of methoxy groups -OCH3 is 1. The number of para-hydroxylation sites is 1. The molecule has 0 saturated carbocycles. The van der Waals surface area contributed by atoms with Gasteiger partial charge >= 0.3 is 5.97 Å². The maximum atomic E-state index is 12.1. The molecule has 0 N–H and O–H groups in total. The molecule has 2 aromatic carbocycles. The van der Waals surface area contributed by atoms with Crippen molar-refractivity contribution >= 4 is 27.7 Å². The van der Waals surface area contributed by atoms with Gasteiger partial charge in [-0.1, -0.05) is 36.4 Å². The van der Waals surface area contributed by atoms with Gasteiger partial charge in [0.25, 0.3) is 0 Å². The lowest BCUT2D eigenvalue weighted by Gasteiger charge is -2.12. The van der Waals surface area contributed by atoms with Crippen molar-refractivity contribution in [1.29, 1.82) is 0 Å². The van der Waals surface area contributed by atoms with E-state index in [4.69, 9.17) is 9.47 Å². The average molecular weight is 355 g/mol. The molecule has 128 valence electrons. The van der Waals surface area contributed by atoms with Crippen molar-refractivity contribution in [3.05, 3.63) is 65.7 Å². The second-order valence-corrected chi connectivity index (χ2v) is 6.72. The lowest BCUT2D eigenvalue weighted by atomic mass is 10.1. The van der Waals surface area contributed by atoms with Crippen LogP contribution in [-0.2, 0) is 22.1 Å². The van der Waals surface area contributed by atoms with E-state index in [2.05, 4.69) is 4.98 Å². The highest BCUT2D eigenvalue weighted by Gasteiger charge is 2.17. The lowest BCUT2D eigenvalue weighted by Crippen LogP contribution is -2.09. The van der Waals surface area contributed by atoms with Gasteiger partial charge < -0.3 is 9.47 Å². The van der Waals surface area contributed by atoms with Gasteiger partial charge in [-0.05, 0) is 18.2 Å². The summed E-state index contributed by atoms with van der Waals surface area (Å²) in [5.41, 5.74) is 1.77. The molecule has 6 heteroatoms. The fraction of sp³-hybridized carbons (Fsp3) is 0.158. The summed E-state index contributed by atoms with van der Waals surface area (Å²) in [6.07, 6.45) is 1.62. The molecule has 0 bridgehead atoms. The van der Waals surface area contributed by atoms with Crippen LogP contribution in [0.3, 0.4) is 0 Å². The second-order valence-electron chi connectivity index (χ2n) is 5.38. The number of nitrogens with zero attached hydrogens (tertiary/aromatic N) is 1. The predicted octanol–water partition coefficient (Wildman–Crippen LogP) is 3.34. The van der Waals surface area contributed by atoms with E-state index in [9.17, 15) is 9.00 Å². The fourth-order valence-electron chi connectivity index (χ4n) is 2.51. The highest BCUT2D eigenvalue weighted by Crippen LogP contribution is 2.24. The van der Waals surface area contributed by atoms with Gasteiger partial charge in [-0.15, -0.1) is 0 Å². The summed E-state index contributed by atoms with van der Waals surface area (Å²) < 4.78 is 22.5. The van der Waals surface area contributed by atoms with Crippen molar-refractivity contribution in [1.82, 2.24) is 4.98 Å². The number of carbonyl (C=O) groups excluding carboxylic acids is 1. The van der Waals surface area contributed by atoms with E-state index in [1.165, 1.54) is 7.11 Å². The number of ether oxygens (including phenoxy) is 2. The second kappa shape index (κ2) is 7.44. The van der Waals surface area contributed by atoms with Crippen LogP contribution in [0.5, 0.6) is 5.88 Å². The summed E-state index contributed by atoms with van der Waals surface area (Å²) in [7, 11) is 0.188. The molecule has 5 nitrogen and oxygen atoms in total. The van der Waals surface area contributed by atoms with Gasteiger partial charge in [0, 0.05) is 22.1 Å². The van der Waals surface area contributed by atoms with E-state index < -0.39 is 16.8 Å². The van der Waals surface area contributed by atoms with E-state index in [1.54, 1.807) is 18.4 Å². The first kappa shape index (κ1) is 17.1. The van der Waals surface area contributed by atoms with Crippen molar-refractivity contribution in [2.75, 3.05) is 13.4 Å². The van der Waals surface area contributed by atoms with Crippen LogP contribution in [0.15, 0.2) is 59.5 Å². The zero-order valence-corrected chi connectivity index (χ0v) is 14.7. The molecule has 0 fully saturated rings. The van der Waals surface area contributed by atoms with E-state index in [0.717, 1.165) is 16.5 Å². The van der Waals surface area contributed by atoms with Crippen LogP contribution < -0.4 is 4.74 Å². The molecule has 0 saturated heterocycles. The molecule has 0 aliphatic carbocycles. The molecule has 0 spiro atoms. The van der Waals surface area contributed by atoms with Gasteiger partial charge in [-0.25, -0.2) is 9.78 Å². The normalized spacial score (nSPS) is 11.9. The number of carbonyl (C=O) groups is 1. The Bertz CT molecular complexity index is 955. The molecule has 0 aliphatic heterocycles. The summed E-state index contributed by atoms with van der Waals surface area (Å²) in [4.78, 5) is 17.2. The number of fused-ring (bicyclic) bond motifs is 1. The Labute approximate surface area is 148 Å². The maximum absolute atomic E-state index is 12.1. The van der Waals surface area contributed by atoms with Crippen molar-refractivity contribution in [2.24, 2.45) is 0 Å². The molecule has 1 aromatic heterocycles. The number of hydrogen-bond acceptors (Lipinski definition) is 5. The number of rotatable bonds is 5. The first-order valence-corrected chi connectivity index (χ1v) is 9.18. The standard InChI is InChI=1S/C19H17NO4S/c1-23-19(21)15-11-13-7-3-5-9-16(13)20-18(15)24-12-14-8-4-6-10-17(14)25(2)22/h3-11H,12H2,1-2H3. The molecule has 1 heterocycles. The Morgan fingerprint density at radius 3 is 2.60 bits per heavy atom. The van der Waals surface area contributed by atoms with E-state index in [1.807, 2.05) is 42.5 Å². The molecular formula is C19H17NO4S. The third-order valence-corrected chi connectivity index (χ3v) is 4.76. The third-order valence-electron chi connectivity index (χ3n) is 3.74. The Morgan fingerprint density at radius 1 is 1.12 bits per heavy atom. The quantitative estimate of drug-likeness (QED) is 0.657. The van der Waals surface area contributed by atoms with Crippen molar-refractivity contribution < 1.29 is 18.5 Å². The molecule has 25 heavy (non-hydrogen) atoms. The molecule has 1 unspecified atom stereocenters. The Hall–Kier alpha value is -2.73. The Balaban J connectivity index is 1.98. The lowest BCUT2D eigenvalue weighted by molar-refractivity contribution is 0.0594. The molecule has 3 rings (SSSR count). The van der Waals surface area contributed by atoms with Crippen LogP contribution >= 0.6 is 0 Å². The summed E-state index contributed by atoms with van der Waals surface area (Å²) in [6, 6.07) is 16.5. The van der Waals surface area contributed by atoms with Gasteiger partial charge in [0.1, 0.15) is 12.2 Å². The SMILES string of the molecule is COC(=O)c1cc2ccccc2nc1OCc1ccccc1S(C)=O. The maximum Gasteiger partial charge on any atom is 0.343 e. The molecule has 0 radical (unpaired) electrons. The Kier molecular flexibility index (Phi) is 5.09. The van der Waals surface area contributed by atoms with E-state index >= 15 is 0 Å². The minimum atomic E-state index is -1.13. The van der Waals surface area contributed by atoms with Crippen LogP contribution in [0, 0.1) is 0 Å². The highest BCUT2D eigenvalue weighted by atomic mass is 32.2. The van der Waals surface area contributed by atoms with E-state index in [-0.39, 0.29) is 18.1 Å². The van der Waals surface area contributed by atoms with Crippen LogP contribution in [0.25, 0.3) is 10.9 Å². The fourth-order valence-corrected chi connectivity index (χ4v) is 3.28. The predicted molar refractivity (Wildman–Crippen MR) is 96.2 cm³/mol. The molecule has 3 aromatic rings. The summed E-state index contributed by atoms with van der Waals surface area (Å²) in [5.74, 6) is -0.317. The summed E-state index contributed by atoms with van der Waals surface area (Å²) >= 11 is 0. The monoisotopic (exact) mass is 355 g/mol. The number of aromatic nitrogens is 1. The number of esters is 1. The smallest absolute Gasteiger partial charge is 0.343 e. The van der Waals surface area contributed by atoms with Gasteiger partial charge in [0.05, 0.1) is 23.4 Å². The largest absolute Gasteiger partial charge is 0.472 e. The molecule has 1 atom stereocenters.